The Morgan fingerprint density at radius 1 is 1.29 bits per heavy atom. The zero-order valence-corrected chi connectivity index (χ0v) is 6.73. The van der Waals surface area contributed by atoms with Crippen LogP contribution in [0.4, 0.5) is 13.2 Å². The van der Waals surface area contributed by atoms with Crippen molar-refractivity contribution in [2.45, 2.75) is 6.18 Å². The standard InChI is InChI=1S/C7H5F3N2O2/c8-7(9,10)6(13)14-12-5-3-1-2-4-11-12/h1-5H. The van der Waals surface area contributed by atoms with E-state index < -0.39 is 12.1 Å². The third kappa shape index (κ3) is 2.92. The van der Waals surface area contributed by atoms with Gasteiger partial charge in [0.2, 0.25) is 0 Å². The molecule has 0 radical (unpaired) electrons. The second-order valence-electron chi connectivity index (χ2n) is 2.17. The molecule has 0 fully saturated rings. The average molecular weight is 206 g/mol. The van der Waals surface area contributed by atoms with E-state index in [1.165, 1.54) is 24.4 Å². The zero-order chi connectivity index (χ0) is 10.6. The lowest BCUT2D eigenvalue weighted by atomic mass is 10.5. The van der Waals surface area contributed by atoms with Gasteiger partial charge in [-0.15, -0.1) is 5.10 Å². The van der Waals surface area contributed by atoms with Crippen molar-refractivity contribution >= 4 is 12.2 Å². The van der Waals surface area contributed by atoms with Crippen LogP contribution >= 0.6 is 0 Å². The number of alkyl halides is 3. The molecule has 0 unspecified atom stereocenters. The highest BCUT2D eigenvalue weighted by Gasteiger charge is 2.42. The van der Waals surface area contributed by atoms with Crippen LogP contribution in [0.25, 0.3) is 0 Å². The largest absolute Gasteiger partial charge is 0.493 e. The van der Waals surface area contributed by atoms with Gasteiger partial charge in [0.05, 0.1) is 12.4 Å². The molecule has 1 aliphatic rings. The molecule has 1 aliphatic heterocycles. The summed E-state index contributed by atoms with van der Waals surface area (Å²) >= 11 is 0. The summed E-state index contributed by atoms with van der Waals surface area (Å²) in [5.74, 6) is -2.32. The van der Waals surface area contributed by atoms with Crippen molar-refractivity contribution in [1.29, 1.82) is 0 Å². The fourth-order valence-corrected chi connectivity index (χ4v) is 0.571. The van der Waals surface area contributed by atoms with Crippen LogP contribution in [0.3, 0.4) is 0 Å². The van der Waals surface area contributed by atoms with Gasteiger partial charge in [0, 0.05) is 0 Å². The van der Waals surface area contributed by atoms with Crippen molar-refractivity contribution in [1.82, 2.24) is 5.17 Å². The summed E-state index contributed by atoms with van der Waals surface area (Å²) in [6.07, 6.45) is 1.59. The number of hydrazone groups is 1. The number of hydrogen-bond donors (Lipinski definition) is 0. The molecule has 0 saturated heterocycles. The maximum absolute atomic E-state index is 11.7. The first kappa shape index (κ1) is 10.3. The first-order valence-electron chi connectivity index (χ1n) is 3.46. The lowest BCUT2D eigenvalue weighted by molar-refractivity contribution is -0.229. The third-order valence-electron chi connectivity index (χ3n) is 1.11. The molecule has 0 spiro atoms. The van der Waals surface area contributed by atoms with Gasteiger partial charge in [-0.1, -0.05) is 11.2 Å². The van der Waals surface area contributed by atoms with Gasteiger partial charge in [-0.05, 0) is 12.2 Å². The van der Waals surface area contributed by atoms with Crippen LogP contribution < -0.4 is 0 Å². The molecule has 0 aliphatic carbocycles. The molecule has 0 aromatic heterocycles. The molecule has 4 nitrogen and oxygen atoms in total. The maximum Gasteiger partial charge on any atom is 0.493 e. The van der Waals surface area contributed by atoms with Gasteiger partial charge < -0.3 is 4.84 Å². The number of hydroxylamine groups is 1. The van der Waals surface area contributed by atoms with E-state index in [-0.39, 0.29) is 0 Å². The van der Waals surface area contributed by atoms with E-state index >= 15 is 0 Å². The summed E-state index contributed by atoms with van der Waals surface area (Å²) < 4.78 is 35.1. The lowest BCUT2D eigenvalue weighted by Gasteiger charge is -2.12. The van der Waals surface area contributed by atoms with E-state index in [1.54, 1.807) is 0 Å². The first-order valence-corrected chi connectivity index (χ1v) is 3.46. The minimum absolute atomic E-state index is 0.426. The number of allylic oxidation sites excluding steroid dienone is 3. The zero-order valence-electron chi connectivity index (χ0n) is 6.73. The Kier molecular flexibility index (Phi) is 2.90. The van der Waals surface area contributed by atoms with Crippen molar-refractivity contribution in [2.24, 2.45) is 5.10 Å². The fourth-order valence-electron chi connectivity index (χ4n) is 0.571. The SMILES string of the molecule is O=C(ON1C=CC=CC=N1)C(F)(F)F. The van der Waals surface area contributed by atoms with E-state index in [4.69, 9.17) is 0 Å². The number of rotatable bonds is 1. The molecule has 0 N–H and O–H groups in total. The van der Waals surface area contributed by atoms with Gasteiger partial charge in [0.1, 0.15) is 0 Å². The van der Waals surface area contributed by atoms with Crippen molar-refractivity contribution in [3.8, 4) is 0 Å². The Bertz CT molecular complexity index is 291. The maximum atomic E-state index is 11.7. The second kappa shape index (κ2) is 3.95. The summed E-state index contributed by atoms with van der Waals surface area (Å²) in [7, 11) is 0. The minimum atomic E-state index is -5.02. The minimum Gasteiger partial charge on any atom is -0.310 e. The highest BCUT2D eigenvalue weighted by molar-refractivity contribution is 5.75. The van der Waals surface area contributed by atoms with Crippen LogP contribution in [0.5, 0.6) is 0 Å². The molecule has 1 rings (SSSR count). The molecule has 0 saturated carbocycles. The molecule has 0 amide bonds. The Labute approximate surface area is 76.9 Å². The number of hydrogen-bond acceptors (Lipinski definition) is 4. The van der Waals surface area contributed by atoms with E-state index in [0.717, 1.165) is 6.20 Å². The van der Waals surface area contributed by atoms with Crippen molar-refractivity contribution in [3.63, 3.8) is 0 Å². The number of carbonyl (C=O) groups excluding carboxylic acids is 1. The molecule has 0 aromatic carbocycles. The Balaban J connectivity index is 2.57. The van der Waals surface area contributed by atoms with Gasteiger partial charge in [-0.3, -0.25) is 0 Å². The summed E-state index contributed by atoms with van der Waals surface area (Å²) in [5, 5.41) is 3.79. The molecule has 0 aromatic rings. The average Bonchev–Trinajstić information content (AvgIpc) is 2.31. The molecular weight excluding hydrogens is 201 g/mol. The predicted molar refractivity (Wildman–Crippen MR) is 40.8 cm³/mol. The van der Waals surface area contributed by atoms with Gasteiger partial charge in [-0.25, -0.2) is 4.79 Å². The van der Waals surface area contributed by atoms with Crippen molar-refractivity contribution in [3.05, 3.63) is 24.4 Å². The molecular formula is C7H5F3N2O2. The molecule has 76 valence electrons. The van der Waals surface area contributed by atoms with Crippen LogP contribution in [0.2, 0.25) is 0 Å². The predicted octanol–water partition coefficient (Wildman–Crippen LogP) is 1.38. The van der Waals surface area contributed by atoms with Gasteiger partial charge in [0.25, 0.3) is 0 Å². The molecule has 0 bridgehead atoms. The Hall–Kier alpha value is -1.79. The normalized spacial score (nSPS) is 15.5. The lowest BCUT2D eigenvalue weighted by Crippen LogP contribution is -2.30. The number of halogens is 3. The van der Waals surface area contributed by atoms with Crippen LogP contribution in [0, 0.1) is 0 Å². The van der Waals surface area contributed by atoms with Crippen molar-refractivity contribution in [2.75, 3.05) is 0 Å². The monoisotopic (exact) mass is 206 g/mol. The van der Waals surface area contributed by atoms with E-state index in [0.29, 0.717) is 5.17 Å². The smallest absolute Gasteiger partial charge is 0.310 e. The number of nitrogens with zero attached hydrogens (tertiary/aromatic N) is 2. The topological polar surface area (TPSA) is 41.9 Å². The summed E-state index contributed by atoms with van der Waals surface area (Å²) in [5.41, 5.74) is 0. The molecule has 14 heavy (non-hydrogen) atoms. The molecule has 7 heteroatoms. The van der Waals surface area contributed by atoms with Gasteiger partial charge >= 0.3 is 12.1 Å². The van der Waals surface area contributed by atoms with Gasteiger partial charge in [-0.2, -0.15) is 13.2 Å². The van der Waals surface area contributed by atoms with E-state index in [1.807, 2.05) is 0 Å². The fraction of sp³-hybridized carbons (Fsp3) is 0.143. The van der Waals surface area contributed by atoms with E-state index in [9.17, 15) is 18.0 Å². The summed E-state index contributed by atoms with van der Waals surface area (Å²) in [6, 6.07) is 0. The molecule has 1 heterocycles. The van der Waals surface area contributed by atoms with Gasteiger partial charge in [0.15, 0.2) is 0 Å². The number of carbonyl (C=O) groups is 1. The van der Waals surface area contributed by atoms with Crippen LogP contribution in [0.1, 0.15) is 0 Å². The second-order valence-corrected chi connectivity index (χ2v) is 2.17. The van der Waals surface area contributed by atoms with Crippen LogP contribution in [-0.2, 0) is 9.63 Å². The highest BCUT2D eigenvalue weighted by Crippen LogP contribution is 2.17. The summed E-state index contributed by atoms with van der Waals surface area (Å²) in [4.78, 5) is 14.2. The highest BCUT2D eigenvalue weighted by atomic mass is 19.4. The van der Waals surface area contributed by atoms with Crippen LogP contribution in [0.15, 0.2) is 29.5 Å². The van der Waals surface area contributed by atoms with Crippen molar-refractivity contribution < 1.29 is 22.8 Å². The Morgan fingerprint density at radius 2 is 2.00 bits per heavy atom. The first-order chi connectivity index (χ1) is 6.50. The Morgan fingerprint density at radius 3 is 2.64 bits per heavy atom. The van der Waals surface area contributed by atoms with Crippen LogP contribution in [-0.4, -0.2) is 23.5 Å². The third-order valence-corrected chi connectivity index (χ3v) is 1.11. The van der Waals surface area contributed by atoms with E-state index in [2.05, 4.69) is 9.94 Å². The quantitative estimate of drug-likeness (QED) is 0.650. The summed E-state index contributed by atoms with van der Waals surface area (Å²) in [6.45, 7) is 0. The molecule has 0 atom stereocenters.